The fraction of sp³-hybridized carbons (Fsp3) is 0.429. The zero-order chi connectivity index (χ0) is 21.7. The second-order valence-corrected chi connectivity index (χ2v) is 8.79. The molecule has 0 spiro atoms. The molecule has 160 valence electrons. The number of rotatable bonds is 6. The first kappa shape index (κ1) is 21.9. The lowest BCUT2D eigenvalue weighted by atomic mass is 9.95. The maximum Gasteiger partial charge on any atom is 0.235 e. The van der Waals surface area contributed by atoms with E-state index in [1.54, 1.807) is 13.0 Å². The van der Waals surface area contributed by atoms with Gasteiger partial charge in [-0.15, -0.1) is 11.8 Å². The van der Waals surface area contributed by atoms with Crippen LogP contribution in [0.25, 0.3) is 0 Å². The lowest BCUT2D eigenvalue weighted by Gasteiger charge is -2.32. The summed E-state index contributed by atoms with van der Waals surface area (Å²) in [7, 11) is 0. The molecule has 1 unspecified atom stereocenters. The highest BCUT2D eigenvalue weighted by molar-refractivity contribution is 8.00. The monoisotopic (exact) mass is 430 g/mol. The zero-order valence-corrected chi connectivity index (χ0v) is 18.1. The fourth-order valence-corrected chi connectivity index (χ4v) is 4.30. The van der Waals surface area contributed by atoms with Crippen molar-refractivity contribution in [2.24, 2.45) is 5.92 Å². The van der Waals surface area contributed by atoms with Crippen molar-refractivity contribution in [3.05, 3.63) is 36.1 Å². The zero-order valence-electron chi connectivity index (χ0n) is 17.3. The first-order valence-corrected chi connectivity index (χ1v) is 10.8. The van der Waals surface area contributed by atoms with Gasteiger partial charge >= 0.3 is 0 Å². The summed E-state index contributed by atoms with van der Waals surface area (Å²) in [6, 6.07) is 9.10. The van der Waals surface area contributed by atoms with Gasteiger partial charge < -0.3 is 20.1 Å². The average molecular weight is 431 g/mol. The van der Waals surface area contributed by atoms with E-state index in [-0.39, 0.29) is 28.9 Å². The van der Waals surface area contributed by atoms with Crippen LogP contribution in [0.3, 0.4) is 0 Å². The van der Waals surface area contributed by atoms with Crippen molar-refractivity contribution >= 4 is 41.0 Å². The lowest BCUT2D eigenvalue weighted by Crippen LogP contribution is -2.44. The van der Waals surface area contributed by atoms with Gasteiger partial charge in [-0.1, -0.05) is 5.16 Å². The number of carbonyl (C=O) groups excluding carboxylic acids is 3. The largest absolute Gasteiger partial charge is 0.360 e. The van der Waals surface area contributed by atoms with E-state index in [1.807, 2.05) is 36.1 Å². The summed E-state index contributed by atoms with van der Waals surface area (Å²) in [6.07, 6.45) is 1.24. The van der Waals surface area contributed by atoms with E-state index in [1.165, 1.54) is 18.7 Å². The number of anilines is 2. The molecule has 3 rings (SSSR count). The third kappa shape index (κ3) is 5.85. The van der Waals surface area contributed by atoms with Crippen molar-refractivity contribution in [1.29, 1.82) is 0 Å². The summed E-state index contributed by atoms with van der Waals surface area (Å²) >= 11 is 1.48. The maximum absolute atomic E-state index is 12.8. The van der Waals surface area contributed by atoms with Gasteiger partial charge in [-0.3, -0.25) is 14.4 Å². The molecule has 1 aliphatic heterocycles. The molecule has 2 aromatic rings. The standard InChI is InChI=1S/C21H26N4O4S/c1-13-12-19(24-29-13)23-20(27)16-8-10-25(11-9-16)21(28)14(2)30-18-6-4-17(5-7-18)22-15(3)26/h4-7,12,14,16H,8-11H2,1-3H3,(H,22,26)(H,23,24,27). The number of aryl methyl sites for hydroxylation is 1. The summed E-state index contributed by atoms with van der Waals surface area (Å²) in [5, 5.41) is 9.04. The van der Waals surface area contributed by atoms with E-state index in [4.69, 9.17) is 4.52 Å². The molecule has 9 heteroatoms. The van der Waals surface area contributed by atoms with Crippen LogP contribution >= 0.6 is 11.8 Å². The second-order valence-electron chi connectivity index (χ2n) is 7.38. The highest BCUT2D eigenvalue weighted by Gasteiger charge is 2.30. The molecular formula is C21H26N4O4S. The number of nitrogens with one attached hydrogen (secondary N) is 2. The Bertz CT molecular complexity index is 904. The molecule has 0 saturated carbocycles. The minimum Gasteiger partial charge on any atom is -0.360 e. The lowest BCUT2D eigenvalue weighted by molar-refractivity contribution is -0.133. The smallest absolute Gasteiger partial charge is 0.235 e. The summed E-state index contributed by atoms with van der Waals surface area (Å²) in [5.74, 6) is 0.782. The Kier molecular flexibility index (Phi) is 7.15. The molecule has 8 nitrogen and oxygen atoms in total. The summed E-state index contributed by atoms with van der Waals surface area (Å²) < 4.78 is 4.96. The molecule has 1 atom stereocenters. The van der Waals surface area contributed by atoms with Crippen LogP contribution in [-0.4, -0.2) is 46.1 Å². The molecule has 0 aliphatic carbocycles. The molecule has 0 bridgehead atoms. The number of hydrogen-bond acceptors (Lipinski definition) is 6. The highest BCUT2D eigenvalue weighted by Crippen LogP contribution is 2.28. The van der Waals surface area contributed by atoms with E-state index in [2.05, 4.69) is 15.8 Å². The third-order valence-electron chi connectivity index (χ3n) is 4.89. The predicted molar refractivity (Wildman–Crippen MR) is 115 cm³/mol. The Morgan fingerprint density at radius 3 is 2.40 bits per heavy atom. The van der Waals surface area contributed by atoms with Gasteiger partial charge in [0.15, 0.2) is 5.82 Å². The number of likely N-dealkylation sites (tertiary alicyclic amines) is 1. The van der Waals surface area contributed by atoms with Crippen LogP contribution < -0.4 is 10.6 Å². The minimum absolute atomic E-state index is 0.0666. The van der Waals surface area contributed by atoms with Crippen LogP contribution in [0.1, 0.15) is 32.4 Å². The Morgan fingerprint density at radius 2 is 1.83 bits per heavy atom. The Hall–Kier alpha value is -2.81. The van der Waals surface area contributed by atoms with Crippen molar-refractivity contribution in [3.63, 3.8) is 0 Å². The first-order valence-electron chi connectivity index (χ1n) is 9.89. The van der Waals surface area contributed by atoms with E-state index in [0.29, 0.717) is 37.5 Å². The van der Waals surface area contributed by atoms with E-state index < -0.39 is 0 Å². The summed E-state index contributed by atoms with van der Waals surface area (Å²) in [4.78, 5) is 39.1. The van der Waals surface area contributed by atoms with Crippen molar-refractivity contribution in [2.45, 2.75) is 43.8 Å². The number of amides is 3. The van der Waals surface area contributed by atoms with Gasteiger partial charge in [0.2, 0.25) is 17.7 Å². The summed E-state index contributed by atoms with van der Waals surface area (Å²) in [6.45, 7) is 6.23. The molecule has 30 heavy (non-hydrogen) atoms. The molecule has 2 heterocycles. The predicted octanol–water partition coefficient (Wildman–Crippen LogP) is 3.30. The molecule has 1 aliphatic rings. The number of nitrogens with zero attached hydrogens (tertiary/aromatic N) is 2. The normalized spacial score (nSPS) is 15.5. The molecule has 1 saturated heterocycles. The molecule has 1 aromatic carbocycles. The number of carbonyl (C=O) groups is 3. The number of piperidine rings is 1. The van der Waals surface area contributed by atoms with Crippen LogP contribution in [0.4, 0.5) is 11.5 Å². The van der Waals surface area contributed by atoms with Crippen LogP contribution in [0.5, 0.6) is 0 Å². The van der Waals surface area contributed by atoms with Crippen LogP contribution in [-0.2, 0) is 14.4 Å². The van der Waals surface area contributed by atoms with Crippen LogP contribution in [0.15, 0.2) is 39.8 Å². The van der Waals surface area contributed by atoms with Gasteiger partial charge in [-0.2, -0.15) is 0 Å². The van der Waals surface area contributed by atoms with Gasteiger partial charge in [0.1, 0.15) is 5.76 Å². The van der Waals surface area contributed by atoms with E-state index >= 15 is 0 Å². The molecule has 0 radical (unpaired) electrons. The molecular weight excluding hydrogens is 404 g/mol. The Morgan fingerprint density at radius 1 is 1.17 bits per heavy atom. The van der Waals surface area contributed by atoms with Gasteiger partial charge in [0, 0.05) is 42.6 Å². The Labute approximate surface area is 179 Å². The van der Waals surface area contributed by atoms with Crippen molar-refractivity contribution in [1.82, 2.24) is 10.1 Å². The number of thioether (sulfide) groups is 1. The van der Waals surface area contributed by atoms with Gasteiger partial charge in [-0.05, 0) is 51.0 Å². The molecule has 1 aromatic heterocycles. The van der Waals surface area contributed by atoms with Gasteiger partial charge in [0.25, 0.3) is 0 Å². The van der Waals surface area contributed by atoms with E-state index in [0.717, 1.165) is 10.6 Å². The number of aromatic nitrogens is 1. The third-order valence-corrected chi connectivity index (χ3v) is 5.99. The fourth-order valence-electron chi connectivity index (χ4n) is 3.35. The minimum atomic E-state index is -0.236. The Balaban J connectivity index is 1.47. The topological polar surface area (TPSA) is 105 Å². The van der Waals surface area contributed by atoms with E-state index in [9.17, 15) is 14.4 Å². The van der Waals surface area contributed by atoms with Crippen LogP contribution in [0, 0.1) is 12.8 Å². The van der Waals surface area contributed by atoms with Crippen LogP contribution in [0.2, 0.25) is 0 Å². The SMILES string of the molecule is CC(=O)Nc1ccc(SC(C)C(=O)N2CCC(C(=O)Nc3cc(C)on3)CC2)cc1. The molecule has 2 N–H and O–H groups in total. The van der Waals surface area contributed by atoms with Gasteiger partial charge in [0.05, 0.1) is 5.25 Å². The first-order chi connectivity index (χ1) is 14.3. The highest BCUT2D eigenvalue weighted by atomic mass is 32.2. The van der Waals surface area contributed by atoms with Crippen molar-refractivity contribution in [3.8, 4) is 0 Å². The number of benzene rings is 1. The van der Waals surface area contributed by atoms with Gasteiger partial charge in [-0.25, -0.2) is 0 Å². The molecule has 3 amide bonds. The average Bonchev–Trinajstić information content (AvgIpc) is 3.13. The quantitative estimate of drug-likeness (QED) is 0.682. The number of hydrogen-bond donors (Lipinski definition) is 2. The van der Waals surface area contributed by atoms with Crippen molar-refractivity contribution < 1.29 is 18.9 Å². The maximum atomic E-state index is 12.8. The van der Waals surface area contributed by atoms with Crippen molar-refractivity contribution in [2.75, 3.05) is 23.7 Å². The summed E-state index contributed by atoms with van der Waals surface area (Å²) in [5.41, 5.74) is 0.729. The molecule has 1 fully saturated rings. The second kappa shape index (κ2) is 9.80.